The van der Waals surface area contributed by atoms with Crippen molar-refractivity contribution in [1.82, 2.24) is 0 Å². The maximum absolute atomic E-state index is 9.47. The van der Waals surface area contributed by atoms with Crippen molar-refractivity contribution in [3.05, 3.63) is 29.3 Å². The molecule has 0 spiro atoms. The SMILES string of the molecule is CC(Cc1ccc(O)c(CO)c1)C(CN)CN. The average Bonchev–Trinajstić information content (AvgIpc) is 2.33. The molecule has 1 atom stereocenters. The summed E-state index contributed by atoms with van der Waals surface area (Å²) >= 11 is 0. The van der Waals surface area contributed by atoms with Gasteiger partial charge in [0.15, 0.2) is 0 Å². The van der Waals surface area contributed by atoms with Crippen molar-refractivity contribution in [3.8, 4) is 5.75 Å². The fourth-order valence-electron chi connectivity index (χ4n) is 1.99. The van der Waals surface area contributed by atoms with Crippen molar-refractivity contribution in [2.24, 2.45) is 23.3 Å². The Morgan fingerprint density at radius 1 is 1.24 bits per heavy atom. The van der Waals surface area contributed by atoms with E-state index in [-0.39, 0.29) is 12.4 Å². The Morgan fingerprint density at radius 3 is 2.41 bits per heavy atom. The summed E-state index contributed by atoms with van der Waals surface area (Å²) in [5.74, 6) is 0.834. The van der Waals surface area contributed by atoms with Gasteiger partial charge >= 0.3 is 0 Å². The predicted octanol–water partition coefficient (Wildman–Crippen LogP) is 0.597. The lowest BCUT2D eigenvalue weighted by molar-refractivity contribution is 0.275. The van der Waals surface area contributed by atoms with Crippen LogP contribution in [0.5, 0.6) is 5.75 Å². The molecule has 96 valence electrons. The second-order valence-corrected chi connectivity index (χ2v) is 4.53. The first-order chi connectivity index (χ1) is 8.12. The van der Waals surface area contributed by atoms with Crippen LogP contribution in [-0.2, 0) is 13.0 Å². The van der Waals surface area contributed by atoms with Gasteiger partial charge in [0.2, 0.25) is 0 Å². The molecule has 1 unspecified atom stereocenters. The molecule has 1 aromatic carbocycles. The monoisotopic (exact) mass is 238 g/mol. The third kappa shape index (κ3) is 3.70. The van der Waals surface area contributed by atoms with Crippen LogP contribution in [0.3, 0.4) is 0 Å². The van der Waals surface area contributed by atoms with Crippen LogP contribution in [0, 0.1) is 11.8 Å². The summed E-state index contributed by atoms with van der Waals surface area (Å²) in [5, 5.41) is 18.5. The van der Waals surface area contributed by atoms with Gasteiger partial charge in [-0.15, -0.1) is 0 Å². The van der Waals surface area contributed by atoms with Crippen molar-refractivity contribution in [1.29, 1.82) is 0 Å². The molecule has 17 heavy (non-hydrogen) atoms. The zero-order valence-electron chi connectivity index (χ0n) is 10.3. The quantitative estimate of drug-likeness (QED) is 0.584. The molecule has 0 aliphatic heterocycles. The molecule has 0 heterocycles. The molecule has 0 saturated heterocycles. The second kappa shape index (κ2) is 6.59. The highest BCUT2D eigenvalue weighted by Gasteiger charge is 2.15. The molecular formula is C13H22N2O2. The number of nitrogens with two attached hydrogens (primary N) is 2. The van der Waals surface area contributed by atoms with E-state index in [1.807, 2.05) is 12.1 Å². The van der Waals surface area contributed by atoms with E-state index in [2.05, 4.69) is 6.92 Å². The molecule has 0 aliphatic rings. The van der Waals surface area contributed by atoms with Gasteiger partial charge in [0.05, 0.1) is 6.61 Å². The average molecular weight is 238 g/mol. The summed E-state index contributed by atoms with van der Waals surface area (Å²) in [4.78, 5) is 0. The number of hydrogen-bond acceptors (Lipinski definition) is 4. The minimum Gasteiger partial charge on any atom is -0.508 e. The molecule has 0 aliphatic carbocycles. The fraction of sp³-hybridized carbons (Fsp3) is 0.538. The van der Waals surface area contributed by atoms with E-state index in [4.69, 9.17) is 16.6 Å². The third-order valence-corrected chi connectivity index (χ3v) is 3.28. The van der Waals surface area contributed by atoms with E-state index in [1.54, 1.807) is 6.07 Å². The van der Waals surface area contributed by atoms with E-state index in [0.717, 1.165) is 12.0 Å². The van der Waals surface area contributed by atoms with E-state index < -0.39 is 0 Å². The highest BCUT2D eigenvalue weighted by molar-refractivity contribution is 5.35. The van der Waals surface area contributed by atoms with Crippen LogP contribution in [0.1, 0.15) is 18.1 Å². The molecular weight excluding hydrogens is 216 g/mol. The van der Waals surface area contributed by atoms with Crippen LogP contribution in [0.2, 0.25) is 0 Å². The van der Waals surface area contributed by atoms with Gasteiger partial charge in [0.1, 0.15) is 5.75 Å². The first kappa shape index (κ1) is 14.0. The smallest absolute Gasteiger partial charge is 0.121 e. The Hall–Kier alpha value is -1.10. The Morgan fingerprint density at radius 2 is 1.88 bits per heavy atom. The van der Waals surface area contributed by atoms with Gasteiger partial charge in [0, 0.05) is 5.56 Å². The van der Waals surface area contributed by atoms with Crippen LogP contribution < -0.4 is 11.5 Å². The Bertz CT molecular complexity index is 351. The highest BCUT2D eigenvalue weighted by Crippen LogP contribution is 2.22. The number of aliphatic hydroxyl groups excluding tert-OH is 1. The second-order valence-electron chi connectivity index (χ2n) is 4.53. The number of benzene rings is 1. The van der Waals surface area contributed by atoms with Crippen LogP contribution >= 0.6 is 0 Å². The molecule has 0 aromatic heterocycles. The zero-order chi connectivity index (χ0) is 12.8. The summed E-state index contributed by atoms with van der Waals surface area (Å²) in [6.45, 7) is 3.15. The van der Waals surface area contributed by atoms with Gasteiger partial charge in [-0.1, -0.05) is 13.0 Å². The van der Waals surface area contributed by atoms with Crippen LogP contribution in [0.4, 0.5) is 0 Å². The van der Waals surface area contributed by atoms with Crippen LogP contribution in [0.25, 0.3) is 0 Å². The van der Waals surface area contributed by atoms with Gasteiger partial charge in [-0.3, -0.25) is 0 Å². The summed E-state index contributed by atoms with van der Waals surface area (Å²) < 4.78 is 0. The molecule has 0 saturated carbocycles. The van der Waals surface area contributed by atoms with Crippen molar-refractivity contribution >= 4 is 0 Å². The van der Waals surface area contributed by atoms with Gasteiger partial charge in [-0.05, 0) is 49.0 Å². The number of phenols is 1. The molecule has 1 aromatic rings. The molecule has 4 nitrogen and oxygen atoms in total. The Labute approximate surface area is 102 Å². The summed E-state index contributed by atoms with van der Waals surface area (Å²) in [7, 11) is 0. The van der Waals surface area contributed by atoms with E-state index in [1.165, 1.54) is 0 Å². The highest BCUT2D eigenvalue weighted by atomic mass is 16.3. The Kier molecular flexibility index (Phi) is 5.41. The lowest BCUT2D eigenvalue weighted by atomic mass is 9.88. The molecule has 0 radical (unpaired) electrons. The molecule has 0 fully saturated rings. The minimum atomic E-state index is -0.148. The molecule has 1 rings (SSSR count). The predicted molar refractivity (Wildman–Crippen MR) is 68.5 cm³/mol. The van der Waals surface area contributed by atoms with Crippen LogP contribution in [0.15, 0.2) is 18.2 Å². The molecule has 4 heteroatoms. The van der Waals surface area contributed by atoms with Crippen LogP contribution in [-0.4, -0.2) is 23.3 Å². The molecule has 0 amide bonds. The standard InChI is InChI=1S/C13H22N2O2/c1-9(12(6-14)7-15)4-10-2-3-13(17)11(5-10)8-16/h2-3,5,9,12,16-17H,4,6-8,14-15H2,1H3. The lowest BCUT2D eigenvalue weighted by Crippen LogP contribution is -2.30. The van der Waals surface area contributed by atoms with E-state index in [9.17, 15) is 5.11 Å². The third-order valence-electron chi connectivity index (χ3n) is 3.28. The number of aliphatic hydroxyl groups is 1. The van der Waals surface area contributed by atoms with Crippen molar-refractivity contribution in [2.75, 3.05) is 13.1 Å². The molecule has 6 N–H and O–H groups in total. The van der Waals surface area contributed by atoms with Gasteiger partial charge < -0.3 is 21.7 Å². The zero-order valence-corrected chi connectivity index (χ0v) is 10.3. The van der Waals surface area contributed by atoms with Gasteiger partial charge in [0.25, 0.3) is 0 Å². The van der Waals surface area contributed by atoms with Crippen molar-refractivity contribution in [2.45, 2.75) is 20.0 Å². The Balaban J connectivity index is 2.74. The van der Waals surface area contributed by atoms with Gasteiger partial charge in [-0.2, -0.15) is 0 Å². The normalized spacial score (nSPS) is 13.0. The maximum atomic E-state index is 9.47. The van der Waals surface area contributed by atoms with E-state index in [0.29, 0.717) is 30.5 Å². The fourth-order valence-corrected chi connectivity index (χ4v) is 1.99. The summed E-state index contributed by atoms with van der Waals surface area (Å²) in [6.07, 6.45) is 0.854. The topological polar surface area (TPSA) is 92.5 Å². The minimum absolute atomic E-state index is 0.137. The number of rotatable bonds is 6. The largest absolute Gasteiger partial charge is 0.508 e. The lowest BCUT2D eigenvalue weighted by Gasteiger charge is -2.21. The molecule has 0 bridgehead atoms. The van der Waals surface area contributed by atoms with Gasteiger partial charge in [-0.25, -0.2) is 0 Å². The number of aromatic hydroxyl groups is 1. The van der Waals surface area contributed by atoms with Crippen molar-refractivity contribution in [3.63, 3.8) is 0 Å². The van der Waals surface area contributed by atoms with Crippen molar-refractivity contribution < 1.29 is 10.2 Å². The number of hydrogen-bond donors (Lipinski definition) is 4. The summed E-state index contributed by atoms with van der Waals surface area (Å²) in [6, 6.07) is 5.32. The first-order valence-electron chi connectivity index (χ1n) is 5.94. The first-order valence-corrected chi connectivity index (χ1v) is 5.94. The maximum Gasteiger partial charge on any atom is 0.121 e. The summed E-state index contributed by atoms with van der Waals surface area (Å²) in [5.41, 5.74) is 13.0. The van der Waals surface area contributed by atoms with E-state index >= 15 is 0 Å².